The van der Waals surface area contributed by atoms with Gasteiger partial charge in [0.1, 0.15) is 5.69 Å². The van der Waals surface area contributed by atoms with Crippen LogP contribution < -0.4 is 21.7 Å². The number of benzene rings is 2. The molecule has 1 atom stereocenters. The largest absolute Gasteiger partial charge is 0.435 e. The van der Waals surface area contributed by atoms with Crippen molar-refractivity contribution in [3.05, 3.63) is 77.1 Å². The number of carbonyl (C=O) groups excluding carboxylic acids is 3. The molecule has 5 N–H and O–H groups in total. The van der Waals surface area contributed by atoms with Crippen molar-refractivity contribution in [3.8, 4) is 5.69 Å². The first-order valence-electron chi connectivity index (χ1n) is 10.4. The van der Waals surface area contributed by atoms with Crippen molar-refractivity contribution in [2.75, 3.05) is 12.4 Å². The number of aromatic nitrogens is 2. The molecule has 0 fully saturated rings. The maximum atomic E-state index is 13.4. The van der Waals surface area contributed by atoms with E-state index in [4.69, 9.17) is 5.73 Å². The molecule has 3 aromatic rings. The van der Waals surface area contributed by atoms with Crippen LogP contribution >= 0.6 is 0 Å². The lowest BCUT2D eigenvalue weighted by Gasteiger charge is -2.12. The van der Waals surface area contributed by atoms with Gasteiger partial charge in [-0.1, -0.05) is 18.2 Å². The summed E-state index contributed by atoms with van der Waals surface area (Å²) in [7, 11) is 1.45. The summed E-state index contributed by atoms with van der Waals surface area (Å²) in [5.74, 6) is -1.65. The van der Waals surface area contributed by atoms with Crippen LogP contribution in [0.15, 0.2) is 54.6 Å². The summed E-state index contributed by atoms with van der Waals surface area (Å²) in [6.45, 7) is 1.60. The Kier molecular flexibility index (Phi) is 7.55. The van der Waals surface area contributed by atoms with Crippen molar-refractivity contribution < 1.29 is 27.6 Å². The molecule has 3 amide bonds. The van der Waals surface area contributed by atoms with E-state index in [1.165, 1.54) is 50.4 Å². The lowest BCUT2D eigenvalue weighted by Crippen LogP contribution is -2.37. The Balaban J connectivity index is 1.95. The number of rotatable bonds is 7. The van der Waals surface area contributed by atoms with Crippen LogP contribution in [0.1, 0.15) is 39.0 Å². The van der Waals surface area contributed by atoms with E-state index in [9.17, 15) is 27.6 Å². The smallest absolute Gasteiger partial charge is 0.355 e. The SMILES string of the molecule is CNC(=O)c1cccc(NC(=O)c2cc(C(F)(F)F)nn2-c2cccc(CNC(=O)[C@H](C)N)c2)c1. The molecule has 2 aromatic carbocycles. The zero-order valence-electron chi connectivity index (χ0n) is 18.8. The van der Waals surface area contributed by atoms with Gasteiger partial charge >= 0.3 is 6.18 Å². The molecule has 0 radical (unpaired) electrons. The third kappa shape index (κ3) is 6.23. The number of nitrogens with two attached hydrogens (primary N) is 1. The summed E-state index contributed by atoms with van der Waals surface area (Å²) in [5.41, 5.74) is 5.10. The minimum absolute atomic E-state index is 0.0788. The van der Waals surface area contributed by atoms with E-state index in [0.717, 1.165) is 4.68 Å². The Bertz CT molecular complexity index is 1250. The lowest BCUT2D eigenvalue weighted by molar-refractivity contribution is -0.141. The zero-order chi connectivity index (χ0) is 25.8. The third-order valence-electron chi connectivity index (χ3n) is 4.88. The second-order valence-corrected chi connectivity index (χ2v) is 7.61. The second kappa shape index (κ2) is 10.4. The highest BCUT2D eigenvalue weighted by molar-refractivity contribution is 6.04. The Labute approximate surface area is 198 Å². The molecule has 35 heavy (non-hydrogen) atoms. The molecule has 0 aliphatic rings. The minimum Gasteiger partial charge on any atom is -0.355 e. The van der Waals surface area contributed by atoms with Gasteiger partial charge in [0, 0.05) is 30.9 Å². The van der Waals surface area contributed by atoms with Gasteiger partial charge < -0.3 is 21.7 Å². The number of nitrogens with one attached hydrogen (secondary N) is 3. The number of hydrogen-bond donors (Lipinski definition) is 4. The van der Waals surface area contributed by atoms with Gasteiger partial charge in [-0.2, -0.15) is 18.3 Å². The van der Waals surface area contributed by atoms with E-state index < -0.39 is 35.6 Å². The highest BCUT2D eigenvalue weighted by Gasteiger charge is 2.36. The summed E-state index contributed by atoms with van der Waals surface area (Å²) < 4.78 is 41.1. The van der Waals surface area contributed by atoms with Gasteiger partial charge in [0.25, 0.3) is 11.8 Å². The molecule has 12 heteroatoms. The number of halogens is 3. The molecule has 1 aromatic heterocycles. The number of nitrogens with zero attached hydrogens (tertiary/aromatic N) is 2. The molecule has 0 aliphatic heterocycles. The molecule has 184 valence electrons. The fourth-order valence-corrected chi connectivity index (χ4v) is 3.10. The van der Waals surface area contributed by atoms with E-state index in [0.29, 0.717) is 11.6 Å². The number of amides is 3. The Hall–Kier alpha value is -4.19. The zero-order valence-corrected chi connectivity index (χ0v) is 18.8. The van der Waals surface area contributed by atoms with Crippen LogP contribution in [0.3, 0.4) is 0 Å². The van der Waals surface area contributed by atoms with E-state index >= 15 is 0 Å². The Morgan fingerprint density at radius 3 is 2.43 bits per heavy atom. The molecule has 9 nitrogen and oxygen atoms in total. The van der Waals surface area contributed by atoms with Crippen LogP contribution in [-0.4, -0.2) is 40.6 Å². The highest BCUT2D eigenvalue weighted by atomic mass is 19.4. The molecule has 0 aliphatic carbocycles. The van der Waals surface area contributed by atoms with Crippen molar-refractivity contribution >= 4 is 23.4 Å². The molecule has 1 heterocycles. The summed E-state index contributed by atoms with van der Waals surface area (Å²) >= 11 is 0. The lowest BCUT2D eigenvalue weighted by atomic mass is 10.1. The molecule has 0 saturated carbocycles. The molecular formula is C23H23F3N6O3. The molecule has 3 rings (SSSR count). The fourth-order valence-electron chi connectivity index (χ4n) is 3.10. The molecule has 0 saturated heterocycles. The number of anilines is 1. The maximum absolute atomic E-state index is 13.4. The monoisotopic (exact) mass is 488 g/mol. The highest BCUT2D eigenvalue weighted by Crippen LogP contribution is 2.30. The van der Waals surface area contributed by atoms with Gasteiger partial charge in [-0.05, 0) is 42.8 Å². The average Bonchev–Trinajstić information content (AvgIpc) is 3.29. The standard InChI is InChI=1S/C23H23F3N6O3/c1-13(27)20(33)29-12-14-5-3-8-17(9-14)32-18(11-19(31-32)23(24,25)26)22(35)30-16-7-4-6-15(10-16)21(34)28-2/h3-11,13H,12,27H2,1-2H3,(H,28,34)(H,29,33)(H,30,35)/t13-/m0/s1. The van der Waals surface area contributed by atoms with Crippen molar-refractivity contribution in [2.24, 2.45) is 5.73 Å². The summed E-state index contributed by atoms with van der Waals surface area (Å²) in [6, 6.07) is 12.1. The first-order valence-corrected chi connectivity index (χ1v) is 10.4. The summed E-state index contributed by atoms with van der Waals surface area (Å²) in [5, 5.41) is 11.2. The van der Waals surface area contributed by atoms with Crippen molar-refractivity contribution in [1.29, 1.82) is 0 Å². The van der Waals surface area contributed by atoms with Crippen LogP contribution in [0.25, 0.3) is 5.69 Å². The molecule has 0 unspecified atom stereocenters. The van der Waals surface area contributed by atoms with Crippen LogP contribution in [0, 0.1) is 0 Å². The van der Waals surface area contributed by atoms with Crippen LogP contribution in [0.5, 0.6) is 0 Å². The van der Waals surface area contributed by atoms with Gasteiger partial charge in [-0.25, -0.2) is 4.68 Å². The first-order chi connectivity index (χ1) is 16.5. The second-order valence-electron chi connectivity index (χ2n) is 7.61. The number of carbonyl (C=O) groups is 3. The maximum Gasteiger partial charge on any atom is 0.435 e. The van der Waals surface area contributed by atoms with Crippen LogP contribution in [0.4, 0.5) is 18.9 Å². The average molecular weight is 488 g/mol. The predicted octanol–water partition coefficient (Wildman–Crippen LogP) is 2.47. The Morgan fingerprint density at radius 2 is 1.77 bits per heavy atom. The minimum atomic E-state index is -4.79. The number of alkyl halides is 3. The van der Waals surface area contributed by atoms with Crippen molar-refractivity contribution in [3.63, 3.8) is 0 Å². The molecule has 0 spiro atoms. The van der Waals surface area contributed by atoms with E-state index in [1.807, 2.05) is 0 Å². The van der Waals surface area contributed by atoms with Gasteiger partial charge in [-0.3, -0.25) is 14.4 Å². The van der Waals surface area contributed by atoms with Crippen LogP contribution in [0.2, 0.25) is 0 Å². The quantitative estimate of drug-likeness (QED) is 0.406. The predicted molar refractivity (Wildman–Crippen MR) is 122 cm³/mol. The Morgan fingerprint density at radius 1 is 1.06 bits per heavy atom. The summed E-state index contributed by atoms with van der Waals surface area (Å²) in [4.78, 5) is 36.5. The van der Waals surface area contributed by atoms with Crippen molar-refractivity contribution in [2.45, 2.75) is 25.7 Å². The van der Waals surface area contributed by atoms with Crippen molar-refractivity contribution in [1.82, 2.24) is 20.4 Å². The van der Waals surface area contributed by atoms with Gasteiger partial charge in [0.2, 0.25) is 5.91 Å². The third-order valence-corrected chi connectivity index (χ3v) is 4.88. The van der Waals surface area contributed by atoms with Gasteiger partial charge in [0.05, 0.1) is 11.7 Å². The molecular weight excluding hydrogens is 465 g/mol. The van der Waals surface area contributed by atoms with E-state index in [-0.39, 0.29) is 29.2 Å². The van der Waals surface area contributed by atoms with E-state index in [1.54, 1.807) is 12.1 Å². The van der Waals surface area contributed by atoms with Gasteiger partial charge in [0.15, 0.2) is 5.69 Å². The van der Waals surface area contributed by atoms with Crippen LogP contribution in [-0.2, 0) is 17.5 Å². The normalized spacial score (nSPS) is 12.1. The van der Waals surface area contributed by atoms with E-state index in [2.05, 4.69) is 21.0 Å². The van der Waals surface area contributed by atoms with Gasteiger partial charge in [-0.15, -0.1) is 0 Å². The summed E-state index contributed by atoms with van der Waals surface area (Å²) in [6.07, 6.45) is -4.79. The fraction of sp³-hybridized carbons (Fsp3) is 0.217. The first kappa shape index (κ1) is 25.4. The number of hydrogen-bond acceptors (Lipinski definition) is 5. The topological polar surface area (TPSA) is 131 Å². The molecule has 0 bridgehead atoms.